The Morgan fingerprint density at radius 1 is 0.256 bits per heavy atom. The van der Waals surface area contributed by atoms with Gasteiger partial charge in [0.2, 0.25) is 0 Å². The summed E-state index contributed by atoms with van der Waals surface area (Å²) in [4.78, 5) is 38.2. The van der Waals surface area contributed by atoms with Gasteiger partial charge in [0.25, 0.3) is 0 Å². The van der Waals surface area contributed by atoms with Gasteiger partial charge in [0.05, 0.1) is 0 Å². The maximum absolute atomic E-state index is 12.9. The van der Waals surface area contributed by atoms with Crippen molar-refractivity contribution in [2.24, 2.45) is 0 Å². The van der Waals surface area contributed by atoms with Crippen molar-refractivity contribution >= 4 is 17.9 Å². The Hall–Kier alpha value is -2.63. The van der Waals surface area contributed by atoms with Gasteiger partial charge in [-0.2, -0.15) is 0 Å². The van der Waals surface area contributed by atoms with Crippen LogP contribution >= 0.6 is 0 Å². The number of rotatable bonds is 68. The molecule has 6 heteroatoms. The molecule has 1 unspecified atom stereocenters. The van der Waals surface area contributed by atoms with Gasteiger partial charge in [0.15, 0.2) is 6.10 Å². The summed E-state index contributed by atoms with van der Waals surface area (Å²) < 4.78 is 16.9. The largest absolute Gasteiger partial charge is 0.462 e. The van der Waals surface area contributed by atoms with Crippen molar-refractivity contribution in [3.63, 3.8) is 0 Å². The summed E-state index contributed by atoms with van der Waals surface area (Å²) in [7, 11) is 0. The first-order chi connectivity index (χ1) is 40.5. The van der Waals surface area contributed by atoms with Crippen LogP contribution in [-0.4, -0.2) is 37.2 Å². The molecular formula is C76H140O6. The first kappa shape index (κ1) is 79.4. The van der Waals surface area contributed by atoms with E-state index in [-0.39, 0.29) is 31.1 Å². The maximum Gasteiger partial charge on any atom is 0.306 e. The number of unbranched alkanes of at least 4 members (excludes halogenated alkanes) is 49. The standard InChI is InChI=1S/C76H140O6/c1-4-7-10-13-16-18-20-22-24-26-28-30-32-33-34-35-36-37-38-39-40-41-42-43-44-46-47-49-51-53-55-57-60-63-66-69-75(78)81-72-73(71-80-74(77)68-65-62-59-15-12-9-6-3)82-76(79)70-67-64-61-58-56-54-52-50-48-45-31-29-27-25-23-21-19-17-14-11-8-5-2/h7,10,16,18,22,24,28,30,73H,4-6,8-9,11-15,17,19-21,23,25-27,29,31-72H2,1-3H3/b10-7-,18-16-,24-22-,30-28-. The molecular weight excluding hydrogens is 1010 g/mol. The third kappa shape index (κ3) is 68.2. The highest BCUT2D eigenvalue weighted by Crippen LogP contribution is 2.19. The van der Waals surface area contributed by atoms with Crippen molar-refractivity contribution in [2.45, 2.75) is 406 Å². The Balaban J connectivity index is 3.94. The van der Waals surface area contributed by atoms with Gasteiger partial charge < -0.3 is 14.2 Å². The molecule has 1 atom stereocenters. The van der Waals surface area contributed by atoms with Crippen LogP contribution < -0.4 is 0 Å². The van der Waals surface area contributed by atoms with Crippen molar-refractivity contribution in [3.05, 3.63) is 48.6 Å². The van der Waals surface area contributed by atoms with E-state index in [9.17, 15) is 14.4 Å². The second-order valence-electron chi connectivity index (χ2n) is 24.8. The van der Waals surface area contributed by atoms with Crippen molar-refractivity contribution in [3.8, 4) is 0 Å². The van der Waals surface area contributed by atoms with Crippen LogP contribution in [-0.2, 0) is 28.6 Å². The molecule has 0 saturated carbocycles. The molecule has 0 bridgehead atoms. The van der Waals surface area contributed by atoms with E-state index in [2.05, 4.69) is 69.4 Å². The van der Waals surface area contributed by atoms with Gasteiger partial charge >= 0.3 is 17.9 Å². The van der Waals surface area contributed by atoms with Crippen LogP contribution in [0.25, 0.3) is 0 Å². The lowest BCUT2D eigenvalue weighted by atomic mass is 10.0. The quantitative estimate of drug-likeness (QED) is 0.0261. The Morgan fingerprint density at radius 2 is 0.476 bits per heavy atom. The minimum Gasteiger partial charge on any atom is -0.462 e. The fraction of sp³-hybridized carbons (Fsp3) is 0.855. The first-order valence-corrected chi connectivity index (χ1v) is 36.6. The van der Waals surface area contributed by atoms with Crippen molar-refractivity contribution in [1.82, 2.24) is 0 Å². The number of allylic oxidation sites excluding steroid dienone is 8. The Labute approximate surface area is 511 Å². The molecule has 0 aliphatic heterocycles. The lowest BCUT2D eigenvalue weighted by molar-refractivity contribution is -0.167. The highest BCUT2D eigenvalue weighted by atomic mass is 16.6. The molecule has 0 rings (SSSR count). The zero-order chi connectivity index (χ0) is 59.2. The number of carbonyl (C=O) groups excluding carboxylic acids is 3. The van der Waals surface area contributed by atoms with Crippen LogP contribution in [0.15, 0.2) is 48.6 Å². The van der Waals surface area contributed by atoms with Gasteiger partial charge in [-0.25, -0.2) is 0 Å². The van der Waals surface area contributed by atoms with E-state index in [1.54, 1.807) is 0 Å². The smallest absolute Gasteiger partial charge is 0.306 e. The summed E-state index contributed by atoms with van der Waals surface area (Å²) in [6, 6.07) is 0. The molecule has 480 valence electrons. The van der Waals surface area contributed by atoms with Crippen LogP contribution in [0.4, 0.5) is 0 Å². The molecule has 0 spiro atoms. The molecule has 0 fully saturated rings. The minimum atomic E-state index is -0.766. The fourth-order valence-corrected chi connectivity index (χ4v) is 11.1. The Morgan fingerprint density at radius 3 is 0.744 bits per heavy atom. The number of ether oxygens (including phenoxy) is 3. The van der Waals surface area contributed by atoms with Gasteiger partial charge in [-0.3, -0.25) is 14.4 Å². The molecule has 0 aromatic rings. The fourth-order valence-electron chi connectivity index (χ4n) is 11.1. The summed E-state index contributed by atoms with van der Waals surface area (Å²) in [5.74, 6) is -0.842. The summed E-state index contributed by atoms with van der Waals surface area (Å²) in [5.41, 5.74) is 0. The molecule has 0 heterocycles. The predicted octanol–water partition coefficient (Wildman–Crippen LogP) is 25.3. The second-order valence-corrected chi connectivity index (χ2v) is 24.8. The summed E-state index contributed by atoms with van der Waals surface area (Å²) in [5, 5.41) is 0. The van der Waals surface area contributed by atoms with Gasteiger partial charge in [0, 0.05) is 19.3 Å². The molecule has 82 heavy (non-hydrogen) atoms. The molecule has 0 amide bonds. The lowest BCUT2D eigenvalue weighted by Gasteiger charge is -2.18. The number of hydrogen-bond donors (Lipinski definition) is 0. The summed E-state index contributed by atoms with van der Waals surface area (Å²) >= 11 is 0. The van der Waals surface area contributed by atoms with E-state index in [1.807, 2.05) is 0 Å². The van der Waals surface area contributed by atoms with Crippen LogP contribution in [0.2, 0.25) is 0 Å². The molecule has 0 N–H and O–H groups in total. The van der Waals surface area contributed by atoms with E-state index in [0.717, 1.165) is 83.5 Å². The van der Waals surface area contributed by atoms with Crippen molar-refractivity contribution in [1.29, 1.82) is 0 Å². The SMILES string of the molecule is CC/C=C\C/C=C\C/C=C\C/C=C\CCCCCCCCCCCCCCCCCCCCCCCCC(=O)OCC(COC(=O)CCCCCCCCC)OC(=O)CCCCCCCCCCCCCCCCCCCCCCCC. The predicted molar refractivity (Wildman–Crippen MR) is 358 cm³/mol. The summed E-state index contributed by atoms with van der Waals surface area (Å²) in [6.45, 7) is 6.56. The van der Waals surface area contributed by atoms with Gasteiger partial charge in [0.1, 0.15) is 13.2 Å². The Kier molecular flexibility index (Phi) is 68.6. The van der Waals surface area contributed by atoms with E-state index < -0.39 is 6.10 Å². The van der Waals surface area contributed by atoms with Crippen LogP contribution in [0.5, 0.6) is 0 Å². The topological polar surface area (TPSA) is 78.9 Å². The maximum atomic E-state index is 12.9. The van der Waals surface area contributed by atoms with E-state index >= 15 is 0 Å². The minimum absolute atomic E-state index is 0.0650. The van der Waals surface area contributed by atoms with Crippen LogP contribution in [0, 0.1) is 0 Å². The third-order valence-corrected chi connectivity index (χ3v) is 16.6. The average Bonchev–Trinajstić information content (AvgIpc) is 3.48. The zero-order valence-corrected chi connectivity index (χ0v) is 55.3. The molecule has 0 aliphatic rings. The first-order valence-electron chi connectivity index (χ1n) is 36.6. The molecule has 0 aliphatic carbocycles. The average molecular weight is 1150 g/mol. The third-order valence-electron chi connectivity index (χ3n) is 16.6. The molecule has 6 nitrogen and oxygen atoms in total. The highest BCUT2D eigenvalue weighted by molar-refractivity contribution is 5.71. The monoisotopic (exact) mass is 1150 g/mol. The molecule has 0 aromatic carbocycles. The normalized spacial score (nSPS) is 12.3. The van der Waals surface area contributed by atoms with Crippen LogP contribution in [0.1, 0.15) is 400 Å². The Bertz CT molecular complexity index is 1410. The van der Waals surface area contributed by atoms with E-state index in [0.29, 0.717) is 19.3 Å². The summed E-state index contributed by atoms with van der Waals surface area (Å²) in [6.07, 6.45) is 90.5. The van der Waals surface area contributed by atoms with Gasteiger partial charge in [-0.05, 0) is 57.8 Å². The number of carbonyl (C=O) groups is 3. The van der Waals surface area contributed by atoms with Crippen LogP contribution in [0.3, 0.4) is 0 Å². The van der Waals surface area contributed by atoms with Crippen molar-refractivity contribution < 1.29 is 28.6 Å². The van der Waals surface area contributed by atoms with Crippen molar-refractivity contribution in [2.75, 3.05) is 13.2 Å². The molecule has 0 aromatic heterocycles. The zero-order valence-electron chi connectivity index (χ0n) is 55.3. The molecule has 0 radical (unpaired) electrons. The second kappa shape index (κ2) is 70.9. The van der Waals surface area contributed by atoms with E-state index in [1.165, 1.54) is 276 Å². The van der Waals surface area contributed by atoms with Gasteiger partial charge in [-0.1, -0.05) is 371 Å². The van der Waals surface area contributed by atoms with Gasteiger partial charge in [-0.15, -0.1) is 0 Å². The number of esters is 3. The van der Waals surface area contributed by atoms with E-state index in [4.69, 9.17) is 14.2 Å². The number of hydrogen-bond acceptors (Lipinski definition) is 6. The lowest BCUT2D eigenvalue weighted by Crippen LogP contribution is -2.30. The highest BCUT2D eigenvalue weighted by Gasteiger charge is 2.19. The molecule has 0 saturated heterocycles.